The summed E-state index contributed by atoms with van der Waals surface area (Å²) < 4.78 is 5.25. The van der Waals surface area contributed by atoms with Gasteiger partial charge in [-0.15, -0.1) is 0 Å². The highest BCUT2D eigenvalue weighted by Gasteiger charge is 2.32. The standard InChI is InChI=1S/C15H26N2O3/c1-15(2,3)20-14(19)17-12-8-6-11(7-9-12)16-13(18)10-4-5-10/h10-12H,4-9H2,1-3H3,(H,16,18)(H,17,19). The molecule has 2 saturated carbocycles. The molecule has 0 heterocycles. The lowest BCUT2D eigenvalue weighted by Gasteiger charge is -2.30. The van der Waals surface area contributed by atoms with Crippen molar-refractivity contribution in [2.24, 2.45) is 5.92 Å². The molecule has 0 aromatic carbocycles. The van der Waals surface area contributed by atoms with E-state index >= 15 is 0 Å². The molecule has 114 valence electrons. The van der Waals surface area contributed by atoms with E-state index in [-0.39, 0.29) is 30.0 Å². The molecule has 0 spiro atoms. The van der Waals surface area contributed by atoms with Crippen LogP contribution in [-0.2, 0) is 9.53 Å². The minimum atomic E-state index is -0.459. The van der Waals surface area contributed by atoms with Gasteiger partial charge in [0.2, 0.25) is 5.91 Å². The van der Waals surface area contributed by atoms with Crippen molar-refractivity contribution in [2.45, 2.75) is 77.0 Å². The first-order chi connectivity index (χ1) is 9.33. The number of hydrogen-bond donors (Lipinski definition) is 2. The van der Waals surface area contributed by atoms with Crippen LogP contribution in [-0.4, -0.2) is 29.7 Å². The monoisotopic (exact) mass is 282 g/mol. The molecule has 2 fully saturated rings. The second-order valence-corrected chi connectivity index (χ2v) is 6.98. The van der Waals surface area contributed by atoms with Crippen molar-refractivity contribution in [3.8, 4) is 0 Å². The van der Waals surface area contributed by atoms with Crippen LogP contribution in [0.25, 0.3) is 0 Å². The van der Waals surface area contributed by atoms with Crippen molar-refractivity contribution in [3.63, 3.8) is 0 Å². The average molecular weight is 282 g/mol. The van der Waals surface area contributed by atoms with E-state index in [1.54, 1.807) is 0 Å². The van der Waals surface area contributed by atoms with Crippen molar-refractivity contribution < 1.29 is 14.3 Å². The zero-order valence-electron chi connectivity index (χ0n) is 12.7. The van der Waals surface area contributed by atoms with Crippen LogP contribution in [0.3, 0.4) is 0 Å². The number of hydrogen-bond acceptors (Lipinski definition) is 3. The first-order valence-corrected chi connectivity index (χ1v) is 7.63. The van der Waals surface area contributed by atoms with Crippen LogP contribution in [0.2, 0.25) is 0 Å². The van der Waals surface area contributed by atoms with Crippen LogP contribution in [0.5, 0.6) is 0 Å². The molecule has 2 aliphatic rings. The first kappa shape index (κ1) is 15.1. The van der Waals surface area contributed by atoms with Crippen LogP contribution in [0.4, 0.5) is 4.79 Å². The molecule has 2 aliphatic carbocycles. The van der Waals surface area contributed by atoms with Crippen LogP contribution in [0.1, 0.15) is 59.3 Å². The number of carbonyl (C=O) groups excluding carboxylic acids is 2. The normalized spacial score (nSPS) is 26.8. The van der Waals surface area contributed by atoms with Gasteiger partial charge in [0.15, 0.2) is 0 Å². The topological polar surface area (TPSA) is 67.4 Å². The van der Waals surface area contributed by atoms with Crippen molar-refractivity contribution in [1.29, 1.82) is 0 Å². The summed E-state index contributed by atoms with van der Waals surface area (Å²) in [5.74, 6) is 0.487. The van der Waals surface area contributed by atoms with Crippen LogP contribution < -0.4 is 10.6 Å². The predicted molar refractivity (Wildman–Crippen MR) is 76.3 cm³/mol. The van der Waals surface area contributed by atoms with E-state index in [1.165, 1.54) is 0 Å². The second kappa shape index (κ2) is 6.02. The number of alkyl carbamates (subject to hydrolysis) is 1. The van der Waals surface area contributed by atoms with E-state index in [4.69, 9.17) is 4.74 Å². The van der Waals surface area contributed by atoms with Gasteiger partial charge in [0.05, 0.1) is 0 Å². The highest BCUT2D eigenvalue weighted by atomic mass is 16.6. The third-order valence-electron chi connectivity index (χ3n) is 3.74. The molecule has 0 saturated heterocycles. The molecule has 0 unspecified atom stereocenters. The number of amides is 2. The van der Waals surface area contributed by atoms with E-state index < -0.39 is 5.60 Å². The van der Waals surface area contributed by atoms with E-state index in [1.807, 2.05) is 20.8 Å². The molecule has 2 amide bonds. The van der Waals surface area contributed by atoms with Gasteiger partial charge in [-0.1, -0.05) is 0 Å². The lowest BCUT2D eigenvalue weighted by molar-refractivity contribution is -0.123. The summed E-state index contributed by atoms with van der Waals surface area (Å²) in [7, 11) is 0. The highest BCUT2D eigenvalue weighted by molar-refractivity contribution is 5.81. The van der Waals surface area contributed by atoms with Crippen molar-refractivity contribution in [1.82, 2.24) is 10.6 Å². The number of ether oxygens (including phenoxy) is 1. The second-order valence-electron chi connectivity index (χ2n) is 6.98. The number of nitrogens with one attached hydrogen (secondary N) is 2. The fraction of sp³-hybridized carbons (Fsp3) is 0.867. The Hall–Kier alpha value is -1.26. The largest absolute Gasteiger partial charge is 0.444 e. The molecule has 2 N–H and O–H groups in total. The summed E-state index contributed by atoms with van der Waals surface area (Å²) in [5, 5.41) is 6.02. The van der Waals surface area contributed by atoms with Gasteiger partial charge in [-0.2, -0.15) is 0 Å². The summed E-state index contributed by atoms with van der Waals surface area (Å²) in [6, 6.07) is 0.443. The summed E-state index contributed by atoms with van der Waals surface area (Å²) in [6.45, 7) is 5.57. The zero-order valence-corrected chi connectivity index (χ0v) is 12.7. The predicted octanol–water partition coefficient (Wildman–Crippen LogP) is 2.35. The van der Waals surface area contributed by atoms with Gasteiger partial charge >= 0.3 is 6.09 Å². The Morgan fingerprint density at radius 1 is 0.900 bits per heavy atom. The maximum atomic E-state index is 11.7. The van der Waals surface area contributed by atoms with Gasteiger partial charge in [0.1, 0.15) is 5.60 Å². The zero-order chi connectivity index (χ0) is 14.8. The Balaban J connectivity index is 1.66. The molecule has 5 heteroatoms. The molecule has 0 aliphatic heterocycles. The fourth-order valence-electron chi connectivity index (χ4n) is 2.52. The highest BCUT2D eigenvalue weighted by Crippen LogP contribution is 2.29. The van der Waals surface area contributed by atoms with Gasteiger partial charge in [0.25, 0.3) is 0 Å². The van der Waals surface area contributed by atoms with Gasteiger partial charge in [-0.3, -0.25) is 4.79 Å². The maximum Gasteiger partial charge on any atom is 0.407 e. The van der Waals surface area contributed by atoms with E-state index in [0.29, 0.717) is 0 Å². The first-order valence-electron chi connectivity index (χ1n) is 7.63. The van der Waals surface area contributed by atoms with Crippen molar-refractivity contribution in [2.75, 3.05) is 0 Å². The maximum absolute atomic E-state index is 11.7. The minimum Gasteiger partial charge on any atom is -0.444 e. The average Bonchev–Trinajstić information content (AvgIpc) is 3.13. The molecule has 20 heavy (non-hydrogen) atoms. The molecule has 0 atom stereocenters. The summed E-state index contributed by atoms with van der Waals surface area (Å²) in [5.41, 5.74) is -0.459. The molecule has 0 aromatic heterocycles. The Morgan fingerprint density at radius 3 is 1.85 bits per heavy atom. The fourth-order valence-corrected chi connectivity index (χ4v) is 2.52. The summed E-state index contributed by atoms with van der Waals surface area (Å²) in [4.78, 5) is 23.4. The van der Waals surface area contributed by atoms with Crippen LogP contribution >= 0.6 is 0 Å². The van der Waals surface area contributed by atoms with Crippen molar-refractivity contribution in [3.05, 3.63) is 0 Å². The van der Waals surface area contributed by atoms with Gasteiger partial charge < -0.3 is 15.4 Å². The summed E-state index contributed by atoms with van der Waals surface area (Å²) >= 11 is 0. The smallest absolute Gasteiger partial charge is 0.407 e. The third-order valence-corrected chi connectivity index (χ3v) is 3.74. The van der Waals surface area contributed by atoms with Crippen LogP contribution in [0, 0.1) is 5.92 Å². The summed E-state index contributed by atoms with van der Waals surface area (Å²) in [6.07, 6.45) is 5.40. The molecule has 0 aromatic rings. The Morgan fingerprint density at radius 2 is 1.40 bits per heavy atom. The SMILES string of the molecule is CC(C)(C)OC(=O)NC1CCC(NC(=O)C2CC2)CC1. The van der Waals surface area contributed by atoms with Crippen molar-refractivity contribution >= 4 is 12.0 Å². The Bertz CT molecular complexity index is 364. The Labute approximate surface area is 120 Å². The van der Waals surface area contributed by atoms with E-state index in [0.717, 1.165) is 38.5 Å². The molecule has 0 bridgehead atoms. The molecular formula is C15H26N2O3. The Kier molecular flexibility index (Phi) is 4.55. The quantitative estimate of drug-likeness (QED) is 0.835. The molecule has 2 rings (SSSR count). The van der Waals surface area contributed by atoms with Gasteiger partial charge in [0, 0.05) is 18.0 Å². The lowest BCUT2D eigenvalue weighted by Crippen LogP contribution is -2.45. The van der Waals surface area contributed by atoms with E-state index in [2.05, 4.69) is 10.6 Å². The van der Waals surface area contributed by atoms with E-state index in [9.17, 15) is 9.59 Å². The van der Waals surface area contributed by atoms with Crippen LogP contribution in [0.15, 0.2) is 0 Å². The third kappa shape index (κ3) is 5.02. The molecular weight excluding hydrogens is 256 g/mol. The lowest BCUT2D eigenvalue weighted by atomic mass is 9.91. The molecule has 5 nitrogen and oxygen atoms in total. The number of rotatable bonds is 3. The number of carbonyl (C=O) groups is 2. The molecule has 0 radical (unpaired) electrons. The van der Waals surface area contributed by atoms with Gasteiger partial charge in [-0.25, -0.2) is 4.79 Å². The minimum absolute atomic E-state index is 0.166. The van der Waals surface area contributed by atoms with Gasteiger partial charge in [-0.05, 0) is 59.3 Å².